The average Bonchev–Trinajstić information content (AvgIpc) is 2.83. The van der Waals surface area contributed by atoms with Crippen LogP contribution >= 0.6 is 0 Å². The Bertz CT molecular complexity index is 407. The number of hydrogen-bond donors (Lipinski definition) is 2. The first-order valence-electron chi connectivity index (χ1n) is 7.15. The molecule has 0 radical (unpaired) electrons. The number of carbonyl (C=O) groups excluding carboxylic acids is 1. The van der Waals surface area contributed by atoms with Crippen LogP contribution in [0.3, 0.4) is 0 Å². The van der Waals surface area contributed by atoms with Crippen LogP contribution in [-0.4, -0.2) is 28.5 Å². The lowest BCUT2D eigenvalue weighted by atomic mass is 9.97. The van der Waals surface area contributed by atoms with Crippen LogP contribution in [-0.2, 0) is 17.9 Å². The van der Waals surface area contributed by atoms with Gasteiger partial charge in [-0.2, -0.15) is 0 Å². The molecule has 1 aliphatic rings. The van der Waals surface area contributed by atoms with Crippen LogP contribution in [0.15, 0.2) is 12.4 Å². The Hall–Kier alpha value is -1.36. The van der Waals surface area contributed by atoms with Crippen LogP contribution in [0.4, 0.5) is 0 Å². The molecule has 0 bridgehead atoms. The predicted molar refractivity (Wildman–Crippen MR) is 74.5 cm³/mol. The van der Waals surface area contributed by atoms with E-state index in [0.29, 0.717) is 12.5 Å². The SMILES string of the molecule is CC(C)Cn1ccnc1CNC(=O)C1CCNCC1. The molecule has 0 saturated carbocycles. The van der Waals surface area contributed by atoms with Crippen LogP contribution in [0, 0.1) is 11.8 Å². The zero-order chi connectivity index (χ0) is 13.7. The molecule has 0 aromatic carbocycles. The minimum atomic E-state index is 0.162. The molecule has 106 valence electrons. The summed E-state index contributed by atoms with van der Waals surface area (Å²) in [5.41, 5.74) is 0. The molecule has 2 heterocycles. The maximum absolute atomic E-state index is 12.1. The van der Waals surface area contributed by atoms with E-state index in [1.807, 2.05) is 6.20 Å². The van der Waals surface area contributed by atoms with Crippen molar-refractivity contribution in [3.8, 4) is 0 Å². The van der Waals surface area contributed by atoms with Crippen LogP contribution in [0.25, 0.3) is 0 Å². The average molecular weight is 264 g/mol. The van der Waals surface area contributed by atoms with E-state index in [1.165, 1.54) is 0 Å². The molecular weight excluding hydrogens is 240 g/mol. The monoisotopic (exact) mass is 264 g/mol. The molecule has 0 aliphatic carbocycles. The third kappa shape index (κ3) is 4.06. The molecule has 1 aromatic heterocycles. The molecule has 2 rings (SSSR count). The van der Waals surface area contributed by atoms with Crippen LogP contribution in [0.1, 0.15) is 32.5 Å². The standard InChI is InChI=1S/C14H24N4O/c1-11(2)10-18-8-7-16-13(18)9-17-14(19)12-3-5-15-6-4-12/h7-8,11-12,15H,3-6,9-10H2,1-2H3,(H,17,19). The predicted octanol–water partition coefficient (Wildman–Crippen LogP) is 1.15. The summed E-state index contributed by atoms with van der Waals surface area (Å²) >= 11 is 0. The molecule has 5 heteroatoms. The van der Waals surface area contributed by atoms with Crippen molar-refractivity contribution in [3.05, 3.63) is 18.2 Å². The molecule has 2 N–H and O–H groups in total. The van der Waals surface area contributed by atoms with Gasteiger partial charge in [0.1, 0.15) is 5.82 Å². The fourth-order valence-corrected chi connectivity index (χ4v) is 2.46. The van der Waals surface area contributed by atoms with Gasteiger partial charge in [-0.05, 0) is 31.8 Å². The van der Waals surface area contributed by atoms with Crippen molar-refractivity contribution in [2.75, 3.05) is 13.1 Å². The largest absolute Gasteiger partial charge is 0.349 e. The zero-order valence-corrected chi connectivity index (χ0v) is 11.9. The lowest BCUT2D eigenvalue weighted by Gasteiger charge is -2.21. The molecule has 1 amide bonds. The zero-order valence-electron chi connectivity index (χ0n) is 11.9. The highest BCUT2D eigenvalue weighted by Gasteiger charge is 2.20. The highest BCUT2D eigenvalue weighted by Crippen LogP contribution is 2.11. The number of nitrogens with zero attached hydrogens (tertiary/aromatic N) is 2. The number of amides is 1. The van der Waals surface area contributed by atoms with Crippen LogP contribution in [0.2, 0.25) is 0 Å². The summed E-state index contributed by atoms with van der Waals surface area (Å²) in [4.78, 5) is 16.4. The third-order valence-electron chi connectivity index (χ3n) is 3.49. The number of imidazole rings is 1. The summed E-state index contributed by atoms with van der Waals surface area (Å²) < 4.78 is 2.12. The fraction of sp³-hybridized carbons (Fsp3) is 0.714. The first-order chi connectivity index (χ1) is 9.16. The number of piperidine rings is 1. The topological polar surface area (TPSA) is 59.0 Å². The van der Waals surface area contributed by atoms with Gasteiger partial charge in [0.15, 0.2) is 0 Å². The second-order valence-corrected chi connectivity index (χ2v) is 5.63. The van der Waals surface area contributed by atoms with Crippen molar-refractivity contribution in [2.24, 2.45) is 11.8 Å². The molecule has 1 fully saturated rings. The van der Waals surface area contributed by atoms with Crippen molar-refractivity contribution in [1.82, 2.24) is 20.2 Å². The first kappa shape index (κ1) is 14.1. The number of rotatable bonds is 5. The van der Waals surface area contributed by atoms with Gasteiger partial charge in [-0.1, -0.05) is 13.8 Å². The van der Waals surface area contributed by atoms with E-state index in [1.54, 1.807) is 6.20 Å². The maximum atomic E-state index is 12.1. The lowest BCUT2D eigenvalue weighted by molar-refractivity contribution is -0.125. The Balaban J connectivity index is 1.84. The Morgan fingerprint density at radius 2 is 2.26 bits per heavy atom. The molecule has 1 aromatic rings. The van der Waals surface area contributed by atoms with Crippen molar-refractivity contribution < 1.29 is 4.79 Å². The van der Waals surface area contributed by atoms with Gasteiger partial charge in [0, 0.05) is 24.9 Å². The molecule has 0 unspecified atom stereocenters. The minimum absolute atomic E-state index is 0.162. The molecule has 0 atom stereocenters. The quantitative estimate of drug-likeness (QED) is 0.839. The second kappa shape index (κ2) is 6.70. The van der Waals surface area contributed by atoms with Gasteiger partial charge in [0.25, 0.3) is 0 Å². The van der Waals surface area contributed by atoms with E-state index < -0.39 is 0 Å². The highest BCUT2D eigenvalue weighted by atomic mass is 16.1. The van der Waals surface area contributed by atoms with Crippen molar-refractivity contribution in [1.29, 1.82) is 0 Å². The summed E-state index contributed by atoms with van der Waals surface area (Å²) in [7, 11) is 0. The number of nitrogens with one attached hydrogen (secondary N) is 2. The molecular formula is C14H24N4O. The van der Waals surface area contributed by atoms with Crippen LogP contribution in [0.5, 0.6) is 0 Å². The Kier molecular flexibility index (Phi) is 4.96. The van der Waals surface area contributed by atoms with Crippen molar-refractivity contribution >= 4 is 5.91 Å². The normalized spacial score (nSPS) is 16.8. The molecule has 19 heavy (non-hydrogen) atoms. The first-order valence-corrected chi connectivity index (χ1v) is 7.15. The van der Waals surface area contributed by atoms with Gasteiger partial charge in [-0.25, -0.2) is 4.98 Å². The highest BCUT2D eigenvalue weighted by molar-refractivity contribution is 5.78. The minimum Gasteiger partial charge on any atom is -0.349 e. The van der Waals surface area contributed by atoms with E-state index in [-0.39, 0.29) is 11.8 Å². The number of aromatic nitrogens is 2. The lowest BCUT2D eigenvalue weighted by Crippen LogP contribution is -2.38. The van der Waals surface area contributed by atoms with Gasteiger partial charge in [0.05, 0.1) is 6.54 Å². The van der Waals surface area contributed by atoms with Gasteiger partial charge in [-0.3, -0.25) is 4.79 Å². The summed E-state index contributed by atoms with van der Waals surface area (Å²) in [6.45, 7) is 7.72. The Morgan fingerprint density at radius 1 is 1.53 bits per heavy atom. The van der Waals surface area contributed by atoms with Crippen molar-refractivity contribution in [2.45, 2.75) is 39.8 Å². The Labute approximate surface area is 114 Å². The maximum Gasteiger partial charge on any atom is 0.223 e. The fourth-order valence-electron chi connectivity index (χ4n) is 2.46. The summed E-state index contributed by atoms with van der Waals surface area (Å²) in [5, 5.41) is 6.29. The number of hydrogen-bond acceptors (Lipinski definition) is 3. The van der Waals surface area contributed by atoms with Gasteiger partial charge in [-0.15, -0.1) is 0 Å². The van der Waals surface area contributed by atoms with E-state index in [9.17, 15) is 4.79 Å². The molecule has 1 aliphatic heterocycles. The summed E-state index contributed by atoms with van der Waals surface area (Å²) in [5.74, 6) is 1.85. The molecule has 5 nitrogen and oxygen atoms in total. The van der Waals surface area contributed by atoms with Crippen LogP contribution < -0.4 is 10.6 Å². The molecule has 1 saturated heterocycles. The van der Waals surface area contributed by atoms with E-state index in [2.05, 4.69) is 34.0 Å². The molecule has 0 spiro atoms. The van der Waals surface area contributed by atoms with Gasteiger partial charge >= 0.3 is 0 Å². The van der Waals surface area contributed by atoms with E-state index >= 15 is 0 Å². The third-order valence-corrected chi connectivity index (χ3v) is 3.49. The summed E-state index contributed by atoms with van der Waals surface area (Å²) in [6.07, 6.45) is 5.65. The second-order valence-electron chi connectivity index (χ2n) is 5.63. The number of carbonyl (C=O) groups is 1. The summed E-state index contributed by atoms with van der Waals surface area (Å²) in [6, 6.07) is 0. The Morgan fingerprint density at radius 3 is 2.95 bits per heavy atom. The van der Waals surface area contributed by atoms with E-state index in [0.717, 1.165) is 38.3 Å². The van der Waals surface area contributed by atoms with Gasteiger partial charge < -0.3 is 15.2 Å². The van der Waals surface area contributed by atoms with E-state index in [4.69, 9.17) is 0 Å². The van der Waals surface area contributed by atoms with Crippen molar-refractivity contribution in [3.63, 3.8) is 0 Å². The van der Waals surface area contributed by atoms with Gasteiger partial charge in [0.2, 0.25) is 5.91 Å². The smallest absolute Gasteiger partial charge is 0.223 e.